The van der Waals surface area contributed by atoms with Gasteiger partial charge in [-0.15, -0.1) is 0 Å². The predicted molar refractivity (Wildman–Crippen MR) is 38.4 cm³/mol. The van der Waals surface area contributed by atoms with Crippen molar-refractivity contribution in [2.75, 3.05) is 0 Å². The van der Waals surface area contributed by atoms with Crippen LogP contribution in [0.1, 0.15) is 17.8 Å². The molecule has 0 radical (unpaired) electrons. The van der Waals surface area contributed by atoms with Gasteiger partial charge in [0.1, 0.15) is 17.5 Å². The standard InChI is InChI=1S/C7H4F2N2O2/c8-7(9)5-6(13)4(12)1-3(2-10)11-5/h1,7,13H,(H,11,12). The highest BCUT2D eigenvalue weighted by molar-refractivity contribution is 5.33. The molecule has 0 bridgehead atoms. The van der Waals surface area contributed by atoms with E-state index in [4.69, 9.17) is 10.4 Å². The monoisotopic (exact) mass is 186 g/mol. The highest BCUT2D eigenvalue weighted by Gasteiger charge is 2.16. The van der Waals surface area contributed by atoms with Crippen LogP contribution in [0.3, 0.4) is 0 Å². The van der Waals surface area contributed by atoms with Gasteiger partial charge in [-0.1, -0.05) is 0 Å². The number of nitrogens with one attached hydrogen (secondary N) is 1. The lowest BCUT2D eigenvalue weighted by molar-refractivity contribution is 0.141. The second kappa shape index (κ2) is 3.23. The number of rotatable bonds is 1. The average molecular weight is 186 g/mol. The van der Waals surface area contributed by atoms with Gasteiger partial charge in [0.25, 0.3) is 6.43 Å². The van der Waals surface area contributed by atoms with Gasteiger partial charge in [-0.25, -0.2) is 8.78 Å². The van der Waals surface area contributed by atoms with E-state index < -0.39 is 23.3 Å². The van der Waals surface area contributed by atoms with E-state index in [-0.39, 0.29) is 5.69 Å². The third kappa shape index (κ3) is 1.64. The van der Waals surface area contributed by atoms with Gasteiger partial charge >= 0.3 is 0 Å². The third-order valence-corrected chi connectivity index (χ3v) is 1.37. The van der Waals surface area contributed by atoms with Crippen molar-refractivity contribution >= 4 is 0 Å². The van der Waals surface area contributed by atoms with Crippen LogP contribution in [0.5, 0.6) is 5.75 Å². The number of nitriles is 1. The summed E-state index contributed by atoms with van der Waals surface area (Å²) >= 11 is 0. The van der Waals surface area contributed by atoms with E-state index in [0.717, 1.165) is 6.07 Å². The van der Waals surface area contributed by atoms with Gasteiger partial charge < -0.3 is 10.1 Å². The van der Waals surface area contributed by atoms with Gasteiger partial charge in [0.15, 0.2) is 5.75 Å². The summed E-state index contributed by atoms with van der Waals surface area (Å²) in [5, 5.41) is 17.2. The summed E-state index contributed by atoms with van der Waals surface area (Å²) in [7, 11) is 0. The molecule has 0 aliphatic heterocycles. The van der Waals surface area contributed by atoms with Gasteiger partial charge in [-0.3, -0.25) is 4.79 Å². The Kier molecular flexibility index (Phi) is 2.28. The molecule has 0 aliphatic carbocycles. The van der Waals surface area contributed by atoms with E-state index in [1.165, 1.54) is 6.07 Å². The maximum atomic E-state index is 12.1. The molecule has 1 aromatic rings. The predicted octanol–water partition coefficient (Wildman–Crippen LogP) is 0.890. The first kappa shape index (κ1) is 9.19. The molecule has 0 atom stereocenters. The van der Waals surface area contributed by atoms with Gasteiger partial charge in [-0.05, 0) is 0 Å². The fourth-order valence-electron chi connectivity index (χ4n) is 0.791. The zero-order chi connectivity index (χ0) is 10.0. The van der Waals surface area contributed by atoms with Crippen LogP contribution >= 0.6 is 0 Å². The molecule has 6 heteroatoms. The third-order valence-electron chi connectivity index (χ3n) is 1.37. The minimum absolute atomic E-state index is 0.307. The van der Waals surface area contributed by atoms with Gasteiger partial charge in [0, 0.05) is 6.07 Å². The summed E-state index contributed by atoms with van der Waals surface area (Å²) in [4.78, 5) is 12.7. The Morgan fingerprint density at radius 3 is 2.69 bits per heavy atom. The first-order valence-corrected chi connectivity index (χ1v) is 3.20. The van der Waals surface area contributed by atoms with Crippen molar-refractivity contribution in [3.8, 4) is 11.8 Å². The molecule has 4 nitrogen and oxygen atoms in total. The summed E-state index contributed by atoms with van der Waals surface area (Å²) in [5.74, 6) is -1.05. The van der Waals surface area contributed by atoms with Crippen molar-refractivity contribution in [1.82, 2.24) is 4.98 Å². The van der Waals surface area contributed by atoms with Gasteiger partial charge in [0.2, 0.25) is 5.43 Å². The van der Waals surface area contributed by atoms with E-state index in [1.807, 2.05) is 4.98 Å². The Morgan fingerprint density at radius 1 is 1.62 bits per heavy atom. The molecule has 13 heavy (non-hydrogen) atoms. The van der Waals surface area contributed by atoms with Crippen LogP contribution in [0.2, 0.25) is 0 Å². The normalized spacial score (nSPS) is 10.0. The number of aromatic hydroxyl groups is 1. The van der Waals surface area contributed by atoms with Crippen molar-refractivity contribution in [2.24, 2.45) is 0 Å². The van der Waals surface area contributed by atoms with E-state index in [0.29, 0.717) is 0 Å². The van der Waals surface area contributed by atoms with E-state index in [2.05, 4.69) is 0 Å². The molecule has 1 aromatic heterocycles. The molecular formula is C7H4F2N2O2. The topological polar surface area (TPSA) is 76.9 Å². The van der Waals surface area contributed by atoms with Crippen molar-refractivity contribution in [3.05, 3.63) is 27.7 Å². The highest BCUT2D eigenvalue weighted by Crippen LogP contribution is 2.22. The fraction of sp³-hybridized carbons (Fsp3) is 0.143. The van der Waals surface area contributed by atoms with Crippen LogP contribution in [0.4, 0.5) is 8.78 Å². The Bertz CT molecular complexity index is 419. The number of hydrogen-bond donors (Lipinski definition) is 2. The van der Waals surface area contributed by atoms with Crippen molar-refractivity contribution < 1.29 is 13.9 Å². The van der Waals surface area contributed by atoms with Crippen molar-refractivity contribution in [1.29, 1.82) is 5.26 Å². The maximum absolute atomic E-state index is 12.1. The summed E-state index contributed by atoms with van der Waals surface area (Å²) in [5.41, 5.74) is -2.23. The molecule has 0 spiro atoms. The fourth-order valence-corrected chi connectivity index (χ4v) is 0.791. The number of H-pyrrole nitrogens is 1. The Hall–Kier alpha value is -1.90. The Balaban J connectivity index is 3.44. The minimum atomic E-state index is -3.01. The molecule has 0 aromatic carbocycles. The molecule has 0 unspecified atom stereocenters. The van der Waals surface area contributed by atoms with Crippen molar-refractivity contribution in [2.45, 2.75) is 6.43 Å². The summed E-state index contributed by atoms with van der Waals surface area (Å²) < 4.78 is 24.2. The largest absolute Gasteiger partial charge is 0.503 e. The SMILES string of the molecule is N#Cc1cc(=O)c(O)c(C(F)F)[nH]1. The van der Waals surface area contributed by atoms with Crippen LogP contribution in [0.15, 0.2) is 10.9 Å². The first-order valence-electron chi connectivity index (χ1n) is 3.20. The first-order chi connectivity index (χ1) is 6.06. The van der Waals surface area contributed by atoms with Crippen molar-refractivity contribution in [3.63, 3.8) is 0 Å². The van der Waals surface area contributed by atoms with Crippen LogP contribution in [-0.4, -0.2) is 10.1 Å². The van der Waals surface area contributed by atoms with Gasteiger partial charge in [-0.2, -0.15) is 5.26 Å². The molecule has 0 fully saturated rings. The lowest BCUT2D eigenvalue weighted by atomic mass is 10.3. The van der Waals surface area contributed by atoms with Crippen LogP contribution in [0, 0.1) is 11.3 Å². The number of alkyl halides is 2. The molecule has 0 saturated carbocycles. The maximum Gasteiger partial charge on any atom is 0.282 e. The highest BCUT2D eigenvalue weighted by atomic mass is 19.3. The zero-order valence-electron chi connectivity index (χ0n) is 6.21. The van der Waals surface area contributed by atoms with E-state index in [1.54, 1.807) is 0 Å². The summed E-state index contributed by atoms with van der Waals surface area (Å²) in [6.07, 6.45) is -3.01. The number of nitrogens with zero attached hydrogens (tertiary/aromatic N) is 1. The van der Waals surface area contributed by atoms with Crippen LogP contribution in [0.25, 0.3) is 0 Å². The van der Waals surface area contributed by atoms with E-state index >= 15 is 0 Å². The van der Waals surface area contributed by atoms with Crippen LogP contribution < -0.4 is 5.43 Å². The molecule has 0 saturated heterocycles. The number of hydrogen-bond acceptors (Lipinski definition) is 3. The lowest BCUT2D eigenvalue weighted by Crippen LogP contribution is -2.07. The zero-order valence-corrected chi connectivity index (χ0v) is 6.21. The van der Waals surface area contributed by atoms with Crippen LogP contribution in [-0.2, 0) is 0 Å². The molecule has 1 heterocycles. The quantitative estimate of drug-likeness (QED) is 0.683. The summed E-state index contributed by atoms with van der Waals surface area (Å²) in [6, 6.07) is 2.24. The lowest BCUT2D eigenvalue weighted by Gasteiger charge is -2.02. The molecular weight excluding hydrogens is 182 g/mol. The number of aromatic nitrogens is 1. The molecule has 0 aliphatic rings. The molecule has 68 valence electrons. The second-order valence-corrected chi connectivity index (χ2v) is 2.22. The average Bonchev–Trinajstić information content (AvgIpc) is 2.09. The second-order valence-electron chi connectivity index (χ2n) is 2.22. The molecule has 2 N–H and O–H groups in total. The minimum Gasteiger partial charge on any atom is -0.503 e. The number of halogens is 2. The molecule has 0 amide bonds. The summed E-state index contributed by atoms with van der Waals surface area (Å²) in [6.45, 7) is 0. The molecule has 1 rings (SSSR count). The number of aromatic amines is 1. The van der Waals surface area contributed by atoms with Gasteiger partial charge in [0.05, 0.1) is 0 Å². The Morgan fingerprint density at radius 2 is 2.23 bits per heavy atom. The Labute approximate surface area is 71.1 Å². The number of pyridine rings is 1. The smallest absolute Gasteiger partial charge is 0.282 e. The van der Waals surface area contributed by atoms with E-state index in [9.17, 15) is 13.6 Å².